The summed E-state index contributed by atoms with van der Waals surface area (Å²) in [5, 5.41) is 0. The van der Waals surface area contributed by atoms with E-state index in [1.54, 1.807) is 0 Å². The first kappa shape index (κ1) is 17.7. The Morgan fingerprint density at radius 2 is 0.867 bits per heavy atom. The summed E-state index contributed by atoms with van der Waals surface area (Å²) in [4.78, 5) is 0. The van der Waals surface area contributed by atoms with Crippen LogP contribution in [-0.2, 0) is 0 Å². The molecule has 0 bridgehead atoms. The molecule has 0 unspecified atom stereocenters. The Hall–Kier alpha value is 0.358. The number of hydrogen-bond donors (Lipinski definition) is 0. The van der Waals surface area contributed by atoms with Crippen LogP contribution in [0.4, 0.5) is 16.9 Å². The van der Waals surface area contributed by atoms with Gasteiger partial charge < -0.3 is 4.48 Å². The zero-order valence-corrected chi connectivity index (χ0v) is 11.8. The Bertz CT molecular complexity index is 171. The van der Waals surface area contributed by atoms with Crippen LogP contribution in [0.2, 0.25) is 0 Å². The van der Waals surface area contributed by atoms with Crippen LogP contribution in [0.15, 0.2) is 0 Å². The number of hydrogen-bond acceptors (Lipinski definition) is 0. The summed E-state index contributed by atoms with van der Waals surface area (Å²) < 4.78 is 60.8. The van der Waals surface area contributed by atoms with Gasteiger partial charge >= 0.3 is 36.4 Å². The molecular formula is C7H18F6NSb. The maximum atomic E-state index is 9.93. The van der Waals surface area contributed by atoms with Crippen molar-refractivity contribution in [2.75, 3.05) is 26.7 Å². The topological polar surface area (TPSA) is 0 Å². The van der Waals surface area contributed by atoms with E-state index in [2.05, 4.69) is 27.8 Å². The van der Waals surface area contributed by atoms with Gasteiger partial charge in [-0.05, 0) is 20.8 Å². The van der Waals surface area contributed by atoms with E-state index in [9.17, 15) is 16.9 Å². The second-order valence-electron chi connectivity index (χ2n) is 3.53. The van der Waals surface area contributed by atoms with Crippen molar-refractivity contribution in [1.82, 2.24) is 0 Å². The van der Waals surface area contributed by atoms with Gasteiger partial charge in [0.1, 0.15) is 0 Å². The molecule has 0 amide bonds. The van der Waals surface area contributed by atoms with Gasteiger partial charge in [0, 0.05) is 0 Å². The van der Waals surface area contributed by atoms with Crippen molar-refractivity contribution in [3.05, 3.63) is 0 Å². The average Bonchev–Trinajstić information content (AvgIpc) is 1.97. The average molecular weight is 352 g/mol. The van der Waals surface area contributed by atoms with Gasteiger partial charge in [-0.15, -0.1) is 0 Å². The van der Waals surface area contributed by atoms with Crippen LogP contribution in [-0.4, -0.2) is 50.6 Å². The molecule has 0 saturated carbocycles. The molecule has 0 aliphatic heterocycles. The van der Waals surface area contributed by atoms with E-state index in [0.29, 0.717) is 0 Å². The Morgan fingerprint density at radius 1 is 0.733 bits per heavy atom. The third-order valence-corrected chi connectivity index (χ3v) is 2.29. The number of halogens is 6. The summed E-state index contributed by atoms with van der Waals surface area (Å²) in [5.41, 5.74) is 0. The van der Waals surface area contributed by atoms with Crippen molar-refractivity contribution in [1.29, 1.82) is 0 Å². The van der Waals surface area contributed by atoms with Crippen LogP contribution in [0.1, 0.15) is 20.8 Å². The van der Waals surface area contributed by atoms with E-state index in [1.165, 1.54) is 24.1 Å². The van der Waals surface area contributed by atoms with Crippen molar-refractivity contribution >= 4 is 19.5 Å². The molecule has 0 rings (SSSR count). The Morgan fingerprint density at radius 3 is 0.867 bits per heavy atom. The van der Waals surface area contributed by atoms with Crippen LogP contribution < -0.4 is 0 Å². The summed E-state index contributed by atoms with van der Waals surface area (Å²) in [5.74, 6) is 0. The summed E-state index contributed by atoms with van der Waals surface area (Å²) in [6.07, 6.45) is 0. The summed E-state index contributed by atoms with van der Waals surface area (Å²) in [7, 11) is 2.29. The zero-order chi connectivity index (χ0) is 13.0. The molecule has 15 heavy (non-hydrogen) atoms. The van der Waals surface area contributed by atoms with Crippen molar-refractivity contribution in [2.45, 2.75) is 20.8 Å². The van der Waals surface area contributed by atoms with Gasteiger partial charge in [-0.2, -0.15) is 0 Å². The van der Waals surface area contributed by atoms with Gasteiger partial charge in [0.2, 0.25) is 0 Å². The van der Waals surface area contributed by atoms with Gasteiger partial charge in [-0.3, -0.25) is 0 Å². The van der Waals surface area contributed by atoms with Crippen LogP contribution >= 0.6 is 0 Å². The van der Waals surface area contributed by atoms with Gasteiger partial charge in [-0.25, -0.2) is 0 Å². The maximum absolute atomic E-state index is 11.2. The van der Waals surface area contributed by atoms with E-state index in [4.69, 9.17) is 0 Å². The summed E-state index contributed by atoms with van der Waals surface area (Å²) in [6.45, 7) is 10.5. The Kier molecular flexibility index (Phi) is 5.11. The van der Waals surface area contributed by atoms with Crippen molar-refractivity contribution in [2.24, 2.45) is 0 Å². The molecule has 0 heterocycles. The molecule has 0 fully saturated rings. The van der Waals surface area contributed by atoms with Crippen LogP contribution in [0.3, 0.4) is 0 Å². The van der Waals surface area contributed by atoms with Gasteiger partial charge in [0.15, 0.2) is 0 Å². The molecule has 0 aliphatic rings. The first-order valence-electron chi connectivity index (χ1n) is 4.53. The van der Waals surface area contributed by atoms with E-state index in [0.717, 1.165) is 0 Å². The molecule has 98 valence electrons. The Balaban J connectivity index is 0. The number of rotatable bonds is 3. The van der Waals surface area contributed by atoms with Gasteiger partial charge in [0.05, 0.1) is 26.7 Å². The quantitative estimate of drug-likeness (QED) is 0.414. The molecule has 0 aliphatic carbocycles. The molecular weight excluding hydrogens is 334 g/mol. The molecule has 1 nitrogen and oxygen atoms in total. The first-order valence-corrected chi connectivity index (χ1v) is 10.3. The molecule has 0 aromatic heterocycles. The number of quaternary nitrogens is 1. The molecule has 0 radical (unpaired) electrons. The van der Waals surface area contributed by atoms with Crippen LogP contribution in [0, 0.1) is 0 Å². The van der Waals surface area contributed by atoms with E-state index in [1.807, 2.05) is 0 Å². The standard InChI is InChI=1S/C7H18N.6FH.Sb/c1-5-8(4,6-2)7-3;;;;;;;/h5-7H2,1-4H3;6*1H;/q+1;;;;;;;+5/p-6. The van der Waals surface area contributed by atoms with Crippen molar-refractivity contribution in [3.63, 3.8) is 0 Å². The molecule has 0 N–H and O–H groups in total. The van der Waals surface area contributed by atoms with Crippen molar-refractivity contribution in [3.8, 4) is 0 Å². The molecule has 8 heteroatoms. The van der Waals surface area contributed by atoms with E-state index < -0.39 is 19.5 Å². The second-order valence-corrected chi connectivity index (χ2v) is 9.00. The number of nitrogens with zero attached hydrogens (tertiary/aromatic N) is 1. The normalized spacial score (nSPS) is 17.2. The molecule has 0 aromatic carbocycles. The zero-order valence-electron chi connectivity index (χ0n) is 9.28. The van der Waals surface area contributed by atoms with Gasteiger partial charge in [0.25, 0.3) is 0 Å². The third-order valence-electron chi connectivity index (χ3n) is 2.29. The fourth-order valence-corrected chi connectivity index (χ4v) is 0.671. The second kappa shape index (κ2) is 4.32. The molecule has 0 spiro atoms. The van der Waals surface area contributed by atoms with Crippen molar-refractivity contribution < 1.29 is 21.4 Å². The third kappa shape index (κ3) is 25.0. The molecule has 0 atom stereocenters. The van der Waals surface area contributed by atoms with Crippen LogP contribution in [0.25, 0.3) is 0 Å². The fraction of sp³-hybridized carbons (Fsp3) is 1.00. The predicted octanol–water partition coefficient (Wildman–Crippen LogP) is 3.63. The minimum atomic E-state index is -11.2. The fourth-order valence-electron chi connectivity index (χ4n) is 0.671. The predicted molar refractivity (Wildman–Crippen MR) is 50.2 cm³/mol. The first-order chi connectivity index (χ1) is 6.13. The molecule has 0 aromatic rings. The van der Waals surface area contributed by atoms with Crippen LogP contribution in [0.5, 0.6) is 0 Å². The SMILES string of the molecule is CC[N+](C)(CC)CC.[F][Sb-]([F])([F])([F])([F])[F]. The molecule has 0 saturated heterocycles. The monoisotopic (exact) mass is 351 g/mol. The Labute approximate surface area is 88.5 Å². The summed E-state index contributed by atoms with van der Waals surface area (Å²) >= 11 is -11.2. The van der Waals surface area contributed by atoms with Gasteiger partial charge in [-0.1, -0.05) is 0 Å². The van der Waals surface area contributed by atoms with E-state index in [-0.39, 0.29) is 0 Å². The minimum absolute atomic E-state index is 1.21. The van der Waals surface area contributed by atoms with E-state index >= 15 is 0 Å². The summed E-state index contributed by atoms with van der Waals surface area (Å²) in [6, 6.07) is 0.